The van der Waals surface area contributed by atoms with E-state index >= 15 is 0 Å². The maximum atomic E-state index is 9.32. The molecule has 0 amide bonds. The fourth-order valence-corrected chi connectivity index (χ4v) is 6.00. The number of fused-ring (bicyclic) bond motifs is 4. The molecular weight excluding hydrogens is 518 g/mol. The first-order chi connectivity index (χ1) is 23.0. The highest BCUT2D eigenvalue weighted by molar-refractivity contribution is 6.08. The molecule has 1 nitrogen and oxygen atoms in total. The molecule has 0 unspecified atom stereocenters. The van der Waals surface area contributed by atoms with Crippen molar-refractivity contribution in [1.29, 1.82) is 0 Å². The van der Waals surface area contributed by atoms with E-state index in [2.05, 4.69) is 60.7 Å². The fraction of sp³-hybridized carbons (Fsp3) is 0. The van der Waals surface area contributed by atoms with E-state index in [0.717, 1.165) is 54.8 Å². The zero-order valence-electron chi connectivity index (χ0n) is 27.4. The van der Waals surface area contributed by atoms with Crippen LogP contribution in [-0.4, -0.2) is 0 Å². The summed E-state index contributed by atoms with van der Waals surface area (Å²) in [6.45, 7) is 0. The van der Waals surface area contributed by atoms with Gasteiger partial charge in [-0.05, 0) is 97.0 Å². The van der Waals surface area contributed by atoms with Crippen molar-refractivity contribution in [2.24, 2.45) is 0 Å². The Kier molecular flexibility index (Phi) is 5.22. The zero-order valence-corrected chi connectivity index (χ0v) is 23.4. The highest BCUT2D eigenvalue weighted by Crippen LogP contribution is 2.39. The smallest absolute Gasteiger partial charge is 0.0645 e. The van der Waals surface area contributed by atoms with Crippen molar-refractivity contribution in [3.63, 3.8) is 0 Å². The topological polar surface area (TPSA) is 3.24 Å². The van der Waals surface area contributed by atoms with E-state index in [0.29, 0.717) is 5.56 Å². The van der Waals surface area contributed by atoms with Crippen molar-refractivity contribution in [2.75, 3.05) is 4.90 Å². The first-order valence-electron chi connectivity index (χ1n) is 16.5. The maximum absolute atomic E-state index is 9.32. The van der Waals surface area contributed by atoms with Gasteiger partial charge < -0.3 is 4.90 Å². The van der Waals surface area contributed by atoms with Crippen molar-refractivity contribution in [3.8, 4) is 22.3 Å². The van der Waals surface area contributed by atoms with E-state index in [4.69, 9.17) is 0 Å². The van der Waals surface area contributed by atoms with Crippen LogP contribution in [0.3, 0.4) is 0 Å². The minimum atomic E-state index is -0.0981. The lowest BCUT2D eigenvalue weighted by atomic mass is 9.97. The lowest BCUT2D eigenvalue weighted by Crippen LogP contribution is -2.09. The van der Waals surface area contributed by atoms with Gasteiger partial charge in [-0.3, -0.25) is 0 Å². The molecule has 43 heavy (non-hydrogen) atoms. The molecule has 0 aliphatic rings. The summed E-state index contributed by atoms with van der Waals surface area (Å²) in [4.78, 5) is 1.84. The number of anilines is 3. The summed E-state index contributed by atoms with van der Waals surface area (Å²) < 4.78 is 37.1. The molecule has 0 aliphatic heterocycles. The number of rotatable bonds is 5. The number of benzene rings is 8. The molecule has 0 saturated carbocycles. The Bertz CT molecular complexity index is 2440. The Balaban J connectivity index is 1.30. The normalized spacial score (nSPS) is 12.6. The highest BCUT2D eigenvalue weighted by Gasteiger charge is 2.14. The Labute approximate surface area is 257 Å². The maximum Gasteiger partial charge on any atom is 0.0645 e. The molecule has 0 N–H and O–H groups in total. The highest BCUT2D eigenvalue weighted by atomic mass is 15.1. The van der Waals surface area contributed by atoms with Gasteiger partial charge in [0.05, 0.1) is 5.48 Å². The molecule has 202 valence electrons. The zero-order chi connectivity index (χ0) is 32.1. The molecule has 0 aliphatic carbocycles. The van der Waals surface area contributed by atoms with E-state index in [1.165, 1.54) is 0 Å². The monoisotopic (exact) mass is 551 g/mol. The van der Waals surface area contributed by atoms with E-state index < -0.39 is 0 Å². The van der Waals surface area contributed by atoms with Gasteiger partial charge in [0, 0.05) is 17.1 Å². The van der Waals surface area contributed by atoms with Crippen molar-refractivity contribution in [2.45, 2.75) is 0 Å². The Hall–Kier alpha value is -5.66. The molecule has 0 aromatic heterocycles. The van der Waals surface area contributed by atoms with E-state index in [1.807, 2.05) is 95.9 Å². The minimum absolute atomic E-state index is 0.0766. The lowest BCUT2D eigenvalue weighted by Gasteiger charge is -2.26. The molecule has 1 heteroatoms. The summed E-state index contributed by atoms with van der Waals surface area (Å²) in [7, 11) is 0. The molecule has 0 saturated heterocycles. The predicted octanol–water partition coefficient (Wildman–Crippen LogP) is 11.9. The van der Waals surface area contributed by atoms with Crippen LogP contribution in [0.15, 0.2) is 176 Å². The van der Waals surface area contributed by atoms with Crippen molar-refractivity contribution in [1.82, 2.24) is 0 Å². The van der Waals surface area contributed by atoms with Crippen LogP contribution in [0.4, 0.5) is 17.1 Å². The molecule has 0 radical (unpaired) electrons. The van der Waals surface area contributed by atoms with Crippen LogP contribution in [0, 0.1) is 0 Å². The molecule has 0 atom stereocenters. The van der Waals surface area contributed by atoms with Gasteiger partial charge in [0.1, 0.15) is 0 Å². The SMILES string of the molecule is [2H]c1c([2H])c(N(c2ccccc2)c2cccc(-c3cccc4ccccc34)c2)c([2H])c([2H])c1-c1ccc2c(ccc3ccccc32)c1. The van der Waals surface area contributed by atoms with Gasteiger partial charge >= 0.3 is 0 Å². The molecule has 8 aromatic carbocycles. The van der Waals surface area contributed by atoms with Gasteiger partial charge in [0.15, 0.2) is 0 Å². The van der Waals surface area contributed by atoms with Crippen molar-refractivity contribution < 1.29 is 5.48 Å². The average molecular weight is 552 g/mol. The summed E-state index contributed by atoms with van der Waals surface area (Å²) in [5.41, 5.74) is 4.71. The third-order valence-corrected chi connectivity index (χ3v) is 8.09. The lowest BCUT2D eigenvalue weighted by molar-refractivity contribution is 1.28. The number of hydrogen-bond acceptors (Lipinski definition) is 1. The average Bonchev–Trinajstić information content (AvgIpc) is 3.12. The molecular formula is C42H29N. The summed E-state index contributed by atoms with van der Waals surface area (Å²) >= 11 is 0. The third kappa shape index (κ3) is 4.62. The molecule has 8 rings (SSSR count). The van der Waals surface area contributed by atoms with Gasteiger partial charge in [-0.2, -0.15) is 0 Å². The number of nitrogens with zero attached hydrogens (tertiary/aromatic N) is 1. The third-order valence-electron chi connectivity index (χ3n) is 8.09. The van der Waals surface area contributed by atoms with Gasteiger partial charge in [-0.1, -0.05) is 133 Å². The fourth-order valence-electron chi connectivity index (χ4n) is 6.00. The van der Waals surface area contributed by atoms with Gasteiger partial charge in [-0.15, -0.1) is 0 Å². The van der Waals surface area contributed by atoms with Crippen LogP contribution in [0.25, 0.3) is 54.6 Å². The van der Waals surface area contributed by atoms with Gasteiger partial charge in [-0.25, -0.2) is 0 Å². The quantitative estimate of drug-likeness (QED) is 0.192. The Morgan fingerprint density at radius 3 is 1.81 bits per heavy atom. The van der Waals surface area contributed by atoms with Crippen LogP contribution < -0.4 is 4.90 Å². The molecule has 0 heterocycles. The number of para-hydroxylation sites is 1. The van der Waals surface area contributed by atoms with Crippen LogP contribution in [0.1, 0.15) is 5.48 Å². The minimum Gasteiger partial charge on any atom is -0.310 e. The largest absolute Gasteiger partial charge is 0.310 e. The molecule has 0 spiro atoms. The Morgan fingerprint density at radius 2 is 0.977 bits per heavy atom. The number of hydrogen-bond donors (Lipinski definition) is 0. The van der Waals surface area contributed by atoms with Crippen LogP contribution in [0.2, 0.25) is 0 Å². The van der Waals surface area contributed by atoms with E-state index in [9.17, 15) is 5.48 Å². The Morgan fingerprint density at radius 1 is 0.349 bits per heavy atom. The standard InChI is InChI=1S/C42H29N/c1-2-14-36(15-3-1)43(38-16-8-13-34(29-38)41-19-9-12-31-10-4-6-17-39(31)41)37-25-22-30(23-26-37)33-24-27-42-35(28-33)21-20-32-11-5-7-18-40(32)42/h1-29H/i22D,23D,25D,26D. The summed E-state index contributed by atoms with van der Waals surface area (Å²) in [5, 5.41) is 6.63. The van der Waals surface area contributed by atoms with Crippen LogP contribution >= 0.6 is 0 Å². The first kappa shape index (κ1) is 21.1. The summed E-state index contributed by atoms with van der Waals surface area (Å²) in [5.74, 6) is 0. The van der Waals surface area contributed by atoms with E-state index in [1.54, 1.807) is 0 Å². The second kappa shape index (κ2) is 10.6. The molecule has 8 aromatic rings. The molecule has 0 fully saturated rings. The molecule has 0 bridgehead atoms. The first-order valence-corrected chi connectivity index (χ1v) is 14.5. The second-order valence-corrected chi connectivity index (χ2v) is 10.7. The van der Waals surface area contributed by atoms with Gasteiger partial charge in [0.2, 0.25) is 0 Å². The van der Waals surface area contributed by atoms with E-state index in [-0.39, 0.29) is 35.4 Å². The summed E-state index contributed by atoms with van der Waals surface area (Å²) in [6, 6.07) is 50.1. The van der Waals surface area contributed by atoms with Crippen LogP contribution in [0.5, 0.6) is 0 Å². The second-order valence-electron chi connectivity index (χ2n) is 10.7. The summed E-state index contributed by atoms with van der Waals surface area (Å²) in [6.07, 6.45) is 0. The van der Waals surface area contributed by atoms with Gasteiger partial charge in [0.25, 0.3) is 0 Å². The van der Waals surface area contributed by atoms with Crippen molar-refractivity contribution >= 4 is 49.4 Å². The van der Waals surface area contributed by atoms with Crippen LogP contribution in [-0.2, 0) is 0 Å². The van der Waals surface area contributed by atoms with Crippen molar-refractivity contribution in [3.05, 3.63) is 176 Å². The predicted molar refractivity (Wildman–Crippen MR) is 185 cm³/mol.